The molecular formula is C20H15F3N4O2. The summed E-state index contributed by atoms with van der Waals surface area (Å²) in [7, 11) is 0. The Kier molecular flexibility index (Phi) is 4.57. The normalized spacial score (nSPS) is 11.7. The maximum atomic E-state index is 12.8. The van der Waals surface area contributed by atoms with Crippen molar-refractivity contribution in [1.29, 1.82) is 0 Å². The zero-order valence-electron chi connectivity index (χ0n) is 15.2. The van der Waals surface area contributed by atoms with E-state index in [2.05, 4.69) is 15.6 Å². The van der Waals surface area contributed by atoms with Crippen molar-refractivity contribution in [2.45, 2.75) is 19.6 Å². The number of carbonyl (C=O) groups excluding carboxylic acids is 1. The third-order valence-electron chi connectivity index (χ3n) is 4.46. The average Bonchev–Trinajstić information content (AvgIpc) is 3.26. The smallest absolute Gasteiger partial charge is 0.351 e. The first-order chi connectivity index (χ1) is 13.8. The second kappa shape index (κ2) is 7.08. The molecule has 6 nitrogen and oxygen atoms in total. The molecule has 0 aliphatic carbocycles. The Bertz CT molecular complexity index is 1180. The van der Waals surface area contributed by atoms with Gasteiger partial charge in [0.1, 0.15) is 0 Å². The fourth-order valence-electron chi connectivity index (χ4n) is 2.99. The quantitative estimate of drug-likeness (QED) is 0.541. The molecule has 0 radical (unpaired) electrons. The van der Waals surface area contributed by atoms with Crippen molar-refractivity contribution in [3.8, 4) is 0 Å². The monoisotopic (exact) mass is 400 g/mol. The summed E-state index contributed by atoms with van der Waals surface area (Å²) >= 11 is 0. The van der Waals surface area contributed by atoms with Crippen molar-refractivity contribution in [2.75, 3.05) is 5.32 Å². The van der Waals surface area contributed by atoms with Gasteiger partial charge in [-0.3, -0.25) is 9.48 Å². The molecule has 0 fully saturated rings. The molecule has 2 aromatic heterocycles. The molecule has 1 N–H and O–H groups in total. The maximum Gasteiger partial charge on any atom is 0.416 e. The maximum absolute atomic E-state index is 12.8. The molecule has 0 spiro atoms. The van der Waals surface area contributed by atoms with E-state index in [0.29, 0.717) is 22.3 Å². The molecule has 0 bridgehead atoms. The molecule has 0 atom stereocenters. The number of aryl methyl sites for hydroxylation is 1. The van der Waals surface area contributed by atoms with Crippen LogP contribution in [0.15, 0.2) is 59.3 Å². The van der Waals surface area contributed by atoms with Crippen LogP contribution in [0.25, 0.3) is 10.9 Å². The van der Waals surface area contributed by atoms with Gasteiger partial charge in [-0.2, -0.15) is 18.3 Å². The number of nitrogens with zero attached hydrogens (tertiary/aromatic N) is 3. The van der Waals surface area contributed by atoms with Gasteiger partial charge < -0.3 is 9.84 Å². The average molecular weight is 400 g/mol. The van der Waals surface area contributed by atoms with Crippen LogP contribution in [-0.4, -0.2) is 20.8 Å². The summed E-state index contributed by atoms with van der Waals surface area (Å²) < 4.78 is 44.9. The van der Waals surface area contributed by atoms with Gasteiger partial charge in [-0.25, -0.2) is 0 Å². The molecule has 0 saturated carbocycles. The van der Waals surface area contributed by atoms with E-state index >= 15 is 0 Å². The molecule has 0 aliphatic rings. The minimum Gasteiger partial charge on any atom is -0.351 e. The van der Waals surface area contributed by atoms with Gasteiger partial charge in [-0.05, 0) is 36.8 Å². The second-order valence-corrected chi connectivity index (χ2v) is 6.51. The lowest BCUT2D eigenvalue weighted by Gasteiger charge is -2.08. The summed E-state index contributed by atoms with van der Waals surface area (Å²) in [6.45, 7) is 1.95. The van der Waals surface area contributed by atoms with Gasteiger partial charge in [0.15, 0.2) is 5.82 Å². The first-order valence-corrected chi connectivity index (χ1v) is 8.67. The fourth-order valence-corrected chi connectivity index (χ4v) is 2.99. The van der Waals surface area contributed by atoms with E-state index in [9.17, 15) is 18.0 Å². The Labute approximate surface area is 162 Å². The first kappa shape index (κ1) is 18.7. The van der Waals surface area contributed by atoms with Crippen LogP contribution in [0.1, 0.15) is 27.2 Å². The summed E-state index contributed by atoms with van der Waals surface area (Å²) in [6, 6.07) is 12.1. The lowest BCUT2D eigenvalue weighted by Crippen LogP contribution is -2.13. The van der Waals surface area contributed by atoms with Crippen LogP contribution in [0.5, 0.6) is 0 Å². The van der Waals surface area contributed by atoms with Crippen LogP contribution in [0.3, 0.4) is 0 Å². The number of fused-ring (bicyclic) bond motifs is 1. The van der Waals surface area contributed by atoms with Crippen molar-refractivity contribution in [3.05, 3.63) is 77.2 Å². The molecular weight excluding hydrogens is 385 g/mol. The number of alkyl halides is 3. The van der Waals surface area contributed by atoms with Crippen LogP contribution in [0.2, 0.25) is 0 Å². The molecule has 9 heteroatoms. The van der Waals surface area contributed by atoms with E-state index in [1.807, 2.05) is 18.2 Å². The van der Waals surface area contributed by atoms with E-state index in [0.717, 1.165) is 17.6 Å². The minimum atomic E-state index is -4.38. The summed E-state index contributed by atoms with van der Waals surface area (Å²) in [4.78, 5) is 12.4. The largest absolute Gasteiger partial charge is 0.416 e. The van der Waals surface area contributed by atoms with Crippen LogP contribution < -0.4 is 5.32 Å². The van der Waals surface area contributed by atoms with Gasteiger partial charge in [0, 0.05) is 10.9 Å². The number of hydrogen-bond donors (Lipinski definition) is 1. The molecule has 4 rings (SSSR count). The topological polar surface area (TPSA) is 73.0 Å². The Balaban J connectivity index is 1.64. The standard InChI is InChI=1S/C20H15F3N4O2/c1-12-10-24-29-17(12)19(28)25-18-15-4-2-3-5-16(15)27(26-18)11-13-6-8-14(9-7-13)20(21,22)23/h2-10H,11H2,1H3,(H,25,26,28). The molecule has 1 amide bonds. The summed E-state index contributed by atoms with van der Waals surface area (Å²) in [6.07, 6.45) is -2.94. The highest BCUT2D eigenvalue weighted by atomic mass is 19.4. The predicted octanol–water partition coefficient (Wildman–Crippen LogP) is 4.65. The highest BCUT2D eigenvalue weighted by Crippen LogP contribution is 2.29. The number of para-hydroxylation sites is 1. The van der Waals surface area contributed by atoms with Crippen molar-refractivity contribution in [3.63, 3.8) is 0 Å². The van der Waals surface area contributed by atoms with Crippen LogP contribution in [-0.2, 0) is 12.7 Å². The van der Waals surface area contributed by atoms with E-state index < -0.39 is 17.6 Å². The van der Waals surface area contributed by atoms with E-state index in [-0.39, 0.29) is 12.3 Å². The number of amides is 1. The molecule has 29 heavy (non-hydrogen) atoms. The number of benzene rings is 2. The van der Waals surface area contributed by atoms with Gasteiger partial charge in [0.05, 0.1) is 23.8 Å². The third-order valence-corrected chi connectivity index (χ3v) is 4.46. The van der Waals surface area contributed by atoms with Crippen molar-refractivity contribution in [2.24, 2.45) is 0 Å². The first-order valence-electron chi connectivity index (χ1n) is 8.67. The van der Waals surface area contributed by atoms with Gasteiger partial charge >= 0.3 is 6.18 Å². The van der Waals surface area contributed by atoms with Crippen molar-refractivity contribution < 1.29 is 22.5 Å². The lowest BCUT2D eigenvalue weighted by atomic mass is 10.1. The number of carbonyl (C=O) groups is 1. The molecule has 0 aliphatic heterocycles. The van der Waals surface area contributed by atoms with Crippen LogP contribution in [0, 0.1) is 6.92 Å². The second-order valence-electron chi connectivity index (χ2n) is 6.51. The summed E-state index contributed by atoms with van der Waals surface area (Å²) in [5.41, 5.74) is 1.27. The Hall–Kier alpha value is -3.62. The van der Waals surface area contributed by atoms with Crippen LogP contribution >= 0.6 is 0 Å². The number of aromatic nitrogens is 3. The van der Waals surface area contributed by atoms with Gasteiger partial charge in [0.2, 0.25) is 5.76 Å². The molecule has 4 aromatic rings. The molecule has 0 unspecified atom stereocenters. The van der Waals surface area contributed by atoms with E-state index in [1.165, 1.54) is 18.3 Å². The number of anilines is 1. The molecule has 2 heterocycles. The van der Waals surface area contributed by atoms with Crippen LogP contribution in [0.4, 0.5) is 19.0 Å². The van der Waals surface area contributed by atoms with E-state index in [1.54, 1.807) is 17.7 Å². The molecule has 148 valence electrons. The van der Waals surface area contributed by atoms with Crippen molar-refractivity contribution in [1.82, 2.24) is 14.9 Å². The summed E-state index contributed by atoms with van der Waals surface area (Å²) in [5, 5.41) is 11.4. The predicted molar refractivity (Wildman–Crippen MR) is 99.5 cm³/mol. The number of nitrogens with one attached hydrogen (secondary N) is 1. The minimum absolute atomic E-state index is 0.0892. The number of hydrogen-bond acceptors (Lipinski definition) is 4. The van der Waals surface area contributed by atoms with E-state index in [4.69, 9.17) is 4.52 Å². The number of halogens is 3. The Morgan fingerprint density at radius 2 is 1.86 bits per heavy atom. The highest BCUT2D eigenvalue weighted by Gasteiger charge is 2.30. The number of rotatable bonds is 4. The van der Waals surface area contributed by atoms with Gasteiger partial charge in [0.25, 0.3) is 5.91 Å². The lowest BCUT2D eigenvalue weighted by molar-refractivity contribution is -0.137. The Morgan fingerprint density at radius 1 is 1.14 bits per heavy atom. The van der Waals surface area contributed by atoms with Crippen molar-refractivity contribution >= 4 is 22.6 Å². The SMILES string of the molecule is Cc1cnoc1C(=O)Nc1nn(Cc2ccc(C(F)(F)F)cc2)c2ccccc12. The van der Waals surface area contributed by atoms with Gasteiger partial charge in [-0.15, -0.1) is 0 Å². The molecule has 2 aromatic carbocycles. The third kappa shape index (κ3) is 3.71. The molecule has 0 saturated heterocycles. The highest BCUT2D eigenvalue weighted by molar-refractivity contribution is 6.07. The zero-order valence-corrected chi connectivity index (χ0v) is 15.2. The zero-order chi connectivity index (χ0) is 20.6. The Morgan fingerprint density at radius 3 is 2.52 bits per heavy atom. The summed E-state index contributed by atoms with van der Waals surface area (Å²) in [5.74, 6) is -0.0652. The fraction of sp³-hybridized carbons (Fsp3) is 0.150. The van der Waals surface area contributed by atoms with Gasteiger partial charge in [-0.1, -0.05) is 29.4 Å².